The minimum absolute atomic E-state index is 0.183. The summed E-state index contributed by atoms with van der Waals surface area (Å²) >= 11 is 0. The molecule has 0 saturated carbocycles. The van der Waals surface area contributed by atoms with Gasteiger partial charge < -0.3 is 0 Å². The van der Waals surface area contributed by atoms with Crippen LogP contribution >= 0.6 is 0 Å². The Morgan fingerprint density at radius 2 is 1.66 bits per heavy atom. The highest BCUT2D eigenvalue weighted by molar-refractivity contribution is 7.89. The van der Waals surface area contributed by atoms with Crippen molar-refractivity contribution >= 4 is 26.4 Å². The molecule has 0 amide bonds. The first kappa shape index (κ1) is 19.5. The highest BCUT2D eigenvalue weighted by Gasteiger charge is 2.24. The zero-order valence-corrected chi connectivity index (χ0v) is 17.9. The van der Waals surface area contributed by atoms with Crippen LogP contribution in [0.4, 0.5) is 0 Å². The van der Waals surface area contributed by atoms with Crippen molar-refractivity contribution < 1.29 is 8.42 Å². The van der Waals surface area contributed by atoms with Crippen LogP contribution in [0, 0.1) is 13.8 Å². The Balaban J connectivity index is 1.93. The summed E-state index contributed by atoms with van der Waals surface area (Å²) in [6.45, 7) is 9.28. The topological polar surface area (TPSA) is 89.2 Å². The fraction of sp³-hybridized carbons (Fsp3) is 0.286. The van der Waals surface area contributed by atoms with Crippen LogP contribution < -0.4 is 4.72 Å². The van der Waals surface area contributed by atoms with Gasteiger partial charge in [0.2, 0.25) is 10.0 Å². The molecule has 0 fully saturated rings. The molecule has 150 valence electrons. The molecule has 0 spiro atoms. The fourth-order valence-electron chi connectivity index (χ4n) is 3.38. The van der Waals surface area contributed by atoms with Gasteiger partial charge in [-0.25, -0.2) is 13.1 Å². The van der Waals surface area contributed by atoms with E-state index in [9.17, 15) is 8.42 Å². The summed E-state index contributed by atoms with van der Waals surface area (Å²) in [4.78, 5) is 0.183. The Morgan fingerprint density at radius 1 is 0.966 bits per heavy atom. The van der Waals surface area contributed by atoms with E-state index in [-0.39, 0.29) is 4.90 Å². The number of aryl methyl sites for hydroxylation is 2. The van der Waals surface area contributed by atoms with E-state index in [0.29, 0.717) is 17.0 Å². The molecule has 0 bridgehead atoms. The van der Waals surface area contributed by atoms with E-state index in [2.05, 4.69) is 20.0 Å². The maximum absolute atomic E-state index is 12.8. The summed E-state index contributed by atoms with van der Waals surface area (Å²) in [5.41, 5.74) is 2.48. The molecule has 2 aromatic heterocycles. The van der Waals surface area contributed by atoms with Gasteiger partial charge in [-0.05, 0) is 52.3 Å². The molecule has 29 heavy (non-hydrogen) atoms. The molecule has 0 radical (unpaired) electrons. The lowest BCUT2D eigenvalue weighted by atomic mass is 10.1. The average molecular weight is 410 g/mol. The summed E-state index contributed by atoms with van der Waals surface area (Å²) in [7, 11) is -3.67. The van der Waals surface area contributed by atoms with Crippen LogP contribution in [0.15, 0.2) is 47.4 Å². The average Bonchev–Trinajstić information content (AvgIpc) is 3.04. The van der Waals surface area contributed by atoms with Crippen LogP contribution in [0.25, 0.3) is 27.8 Å². The summed E-state index contributed by atoms with van der Waals surface area (Å²) < 4.78 is 30.0. The molecule has 1 N–H and O–H groups in total. The quantitative estimate of drug-likeness (QED) is 0.558. The van der Waals surface area contributed by atoms with E-state index in [1.165, 1.54) is 0 Å². The number of hydrogen-bond acceptors (Lipinski definition) is 5. The molecule has 2 aromatic carbocycles. The Labute approximate surface area is 169 Å². The van der Waals surface area contributed by atoms with Crippen LogP contribution in [-0.4, -0.2) is 33.8 Å². The number of hydrogen-bond donors (Lipinski definition) is 1. The summed E-state index contributed by atoms with van der Waals surface area (Å²) in [6, 6.07) is 12.9. The van der Waals surface area contributed by atoms with Crippen molar-refractivity contribution in [2.45, 2.75) is 45.1 Å². The summed E-state index contributed by atoms with van der Waals surface area (Å²) in [6.07, 6.45) is 0. The predicted octanol–water partition coefficient (Wildman–Crippen LogP) is 3.64. The molecule has 4 rings (SSSR count). The molecular formula is C21H23N5O2S. The lowest BCUT2D eigenvalue weighted by Crippen LogP contribution is -2.40. The van der Waals surface area contributed by atoms with Crippen LogP contribution in [-0.2, 0) is 10.0 Å². The molecule has 0 unspecified atom stereocenters. The summed E-state index contributed by atoms with van der Waals surface area (Å²) in [5, 5.41) is 15.3. The van der Waals surface area contributed by atoms with Gasteiger partial charge in [-0.1, -0.05) is 30.3 Å². The van der Waals surface area contributed by atoms with Gasteiger partial charge in [0, 0.05) is 21.9 Å². The van der Waals surface area contributed by atoms with Crippen LogP contribution in [0.1, 0.15) is 32.0 Å². The van der Waals surface area contributed by atoms with E-state index in [1.54, 1.807) is 22.7 Å². The predicted molar refractivity (Wildman–Crippen MR) is 113 cm³/mol. The lowest BCUT2D eigenvalue weighted by molar-refractivity contribution is 0.491. The Hall–Kier alpha value is -2.84. The van der Waals surface area contributed by atoms with Gasteiger partial charge in [0.1, 0.15) is 0 Å². The second kappa shape index (κ2) is 6.60. The molecule has 0 saturated heterocycles. The van der Waals surface area contributed by atoms with Gasteiger partial charge in [0.25, 0.3) is 0 Å². The molecule has 0 aliphatic heterocycles. The minimum atomic E-state index is -3.67. The van der Waals surface area contributed by atoms with Crippen molar-refractivity contribution in [3.8, 4) is 11.4 Å². The highest BCUT2D eigenvalue weighted by Crippen LogP contribution is 2.28. The maximum atomic E-state index is 12.8. The Morgan fingerprint density at radius 3 is 2.34 bits per heavy atom. The minimum Gasteiger partial charge on any atom is -0.207 e. The van der Waals surface area contributed by atoms with E-state index in [4.69, 9.17) is 0 Å². The van der Waals surface area contributed by atoms with Gasteiger partial charge in [-0.15, -0.1) is 10.2 Å². The molecule has 2 heterocycles. The van der Waals surface area contributed by atoms with Crippen LogP contribution in [0.5, 0.6) is 0 Å². The lowest BCUT2D eigenvalue weighted by Gasteiger charge is -2.20. The normalized spacial score (nSPS) is 12.7. The first-order valence-electron chi connectivity index (χ1n) is 9.32. The third-order valence-electron chi connectivity index (χ3n) is 4.65. The third-order valence-corrected chi connectivity index (χ3v) is 6.40. The van der Waals surface area contributed by atoms with Crippen molar-refractivity contribution in [1.29, 1.82) is 0 Å². The number of fused-ring (bicyclic) bond motifs is 3. The first-order chi connectivity index (χ1) is 13.6. The zero-order valence-electron chi connectivity index (χ0n) is 17.1. The van der Waals surface area contributed by atoms with Gasteiger partial charge in [-0.3, -0.25) is 0 Å². The van der Waals surface area contributed by atoms with Crippen molar-refractivity contribution in [3.05, 3.63) is 53.7 Å². The number of aromatic nitrogens is 4. The standard InChI is InChI=1S/C21H23N5O2S/c1-13-10-11-15(29(27,28)25-21(3,4)5)12-18(13)20-23-22-19-17-9-7-6-8-16(17)14(2)24-26(19)20/h6-12,25H,1-5H3. The van der Waals surface area contributed by atoms with Gasteiger partial charge in [0.05, 0.1) is 10.6 Å². The first-order valence-corrected chi connectivity index (χ1v) is 10.8. The molecule has 0 atom stereocenters. The Bertz CT molecular complexity index is 1350. The summed E-state index contributed by atoms with van der Waals surface area (Å²) in [5.74, 6) is 0.513. The van der Waals surface area contributed by atoms with Crippen LogP contribution in [0.2, 0.25) is 0 Å². The third kappa shape index (κ3) is 3.49. The zero-order chi connectivity index (χ0) is 21.0. The van der Waals surface area contributed by atoms with Crippen molar-refractivity contribution in [3.63, 3.8) is 0 Å². The Kier molecular flexibility index (Phi) is 4.43. The smallest absolute Gasteiger partial charge is 0.207 e. The van der Waals surface area contributed by atoms with Crippen molar-refractivity contribution in [1.82, 2.24) is 24.5 Å². The SMILES string of the molecule is Cc1ccc(S(=O)(=O)NC(C)(C)C)cc1-c1nnc2c3ccccc3c(C)nn12. The van der Waals surface area contributed by atoms with E-state index >= 15 is 0 Å². The number of benzene rings is 2. The number of rotatable bonds is 3. The largest absolute Gasteiger partial charge is 0.241 e. The maximum Gasteiger partial charge on any atom is 0.241 e. The van der Waals surface area contributed by atoms with Crippen LogP contribution in [0.3, 0.4) is 0 Å². The molecule has 0 aliphatic rings. The van der Waals surface area contributed by atoms with Crippen molar-refractivity contribution in [2.24, 2.45) is 0 Å². The van der Waals surface area contributed by atoms with Gasteiger partial charge in [0.15, 0.2) is 11.5 Å². The van der Waals surface area contributed by atoms with Crippen molar-refractivity contribution in [2.75, 3.05) is 0 Å². The second-order valence-corrected chi connectivity index (χ2v) is 9.90. The van der Waals surface area contributed by atoms with Gasteiger partial charge in [-0.2, -0.15) is 9.61 Å². The van der Waals surface area contributed by atoms with E-state index in [1.807, 2.05) is 58.9 Å². The second-order valence-electron chi connectivity index (χ2n) is 8.22. The molecule has 7 nitrogen and oxygen atoms in total. The molecular weight excluding hydrogens is 386 g/mol. The van der Waals surface area contributed by atoms with E-state index in [0.717, 1.165) is 22.0 Å². The van der Waals surface area contributed by atoms with Gasteiger partial charge >= 0.3 is 0 Å². The number of nitrogens with one attached hydrogen (secondary N) is 1. The number of sulfonamides is 1. The number of nitrogens with zero attached hydrogens (tertiary/aromatic N) is 4. The molecule has 8 heteroatoms. The molecule has 4 aromatic rings. The molecule has 0 aliphatic carbocycles. The van der Waals surface area contributed by atoms with E-state index < -0.39 is 15.6 Å². The fourth-order valence-corrected chi connectivity index (χ4v) is 4.82. The monoisotopic (exact) mass is 409 g/mol. The highest BCUT2D eigenvalue weighted by atomic mass is 32.2.